The summed E-state index contributed by atoms with van der Waals surface area (Å²) in [6.45, 7) is 2.20. The van der Waals surface area contributed by atoms with Crippen molar-refractivity contribution in [2.24, 2.45) is 7.05 Å². The molecule has 23 heavy (non-hydrogen) atoms. The van der Waals surface area contributed by atoms with Crippen molar-refractivity contribution in [3.63, 3.8) is 0 Å². The molecule has 1 nitrogen and oxygen atoms in total. The van der Waals surface area contributed by atoms with Gasteiger partial charge in [-0.3, -0.25) is 0 Å². The van der Waals surface area contributed by atoms with Crippen LogP contribution in [0.2, 0.25) is 0 Å². The van der Waals surface area contributed by atoms with Crippen molar-refractivity contribution in [3.05, 3.63) is 88.7 Å². The predicted octanol–water partition coefficient (Wildman–Crippen LogP) is 0.986. The zero-order chi connectivity index (χ0) is 15.1. The summed E-state index contributed by atoms with van der Waals surface area (Å²) in [5, 5.41) is 0. The van der Waals surface area contributed by atoms with E-state index in [0.717, 1.165) is 12.8 Å². The highest BCUT2D eigenvalue weighted by molar-refractivity contribution is 5.77. The molecule has 1 heterocycles. The maximum Gasteiger partial charge on any atom is 0.189 e. The first-order valence-corrected chi connectivity index (χ1v) is 7.87. The summed E-state index contributed by atoms with van der Waals surface area (Å²) in [6, 6.07) is 21.9. The van der Waals surface area contributed by atoms with E-state index in [-0.39, 0.29) is 24.0 Å². The highest BCUT2D eigenvalue weighted by Gasteiger charge is 2.27. The Balaban J connectivity index is 0.00000156. The maximum absolute atomic E-state index is 2.36. The molecule has 2 heteroatoms. The second-order valence-electron chi connectivity index (χ2n) is 6.18. The van der Waals surface area contributed by atoms with Crippen LogP contribution in [0.4, 0.5) is 0 Å². The van der Waals surface area contributed by atoms with Crippen LogP contribution in [0.3, 0.4) is 0 Å². The van der Waals surface area contributed by atoms with Crippen LogP contribution in [0.15, 0.2) is 60.7 Å². The lowest BCUT2D eigenvalue weighted by atomic mass is 9.99. The zero-order valence-corrected chi connectivity index (χ0v) is 15.7. The SMILES string of the molecule is Cc1cc2c(c(Cc3ccccc3)[n+]1C)Cc1ccccc1-2.[I-]. The number of nitrogens with zero attached hydrogens (tertiary/aromatic N) is 1. The van der Waals surface area contributed by atoms with E-state index in [1.165, 1.54) is 39.2 Å². The van der Waals surface area contributed by atoms with Crippen LogP contribution in [-0.2, 0) is 19.9 Å². The molecule has 0 radical (unpaired) electrons. The molecule has 0 fully saturated rings. The summed E-state index contributed by atoms with van der Waals surface area (Å²) in [7, 11) is 2.19. The van der Waals surface area contributed by atoms with Gasteiger partial charge in [0, 0.05) is 25.0 Å². The number of hydrogen-bond acceptors (Lipinski definition) is 0. The fourth-order valence-electron chi connectivity index (χ4n) is 3.54. The van der Waals surface area contributed by atoms with E-state index >= 15 is 0 Å². The molecule has 2 aromatic carbocycles. The molecule has 116 valence electrons. The Morgan fingerprint density at radius 3 is 2.39 bits per heavy atom. The van der Waals surface area contributed by atoms with Gasteiger partial charge in [0.2, 0.25) is 0 Å². The van der Waals surface area contributed by atoms with Crippen LogP contribution < -0.4 is 28.5 Å². The molecule has 0 aliphatic heterocycles. The minimum Gasteiger partial charge on any atom is -1.00 e. The number of aryl methyl sites for hydroxylation is 1. The quantitative estimate of drug-likeness (QED) is 0.341. The van der Waals surface area contributed by atoms with E-state index in [1.807, 2.05) is 0 Å². The largest absolute Gasteiger partial charge is 1.00 e. The first-order chi connectivity index (χ1) is 10.7. The van der Waals surface area contributed by atoms with Crippen LogP contribution in [0.5, 0.6) is 0 Å². The molecule has 1 aliphatic carbocycles. The second kappa shape index (κ2) is 6.44. The van der Waals surface area contributed by atoms with Crippen LogP contribution in [0.25, 0.3) is 11.1 Å². The first kappa shape index (κ1) is 16.2. The Hall–Kier alpha value is -1.68. The van der Waals surface area contributed by atoms with Gasteiger partial charge in [0.15, 0.2) is 11.4 Å². The molecule has 0 bridgehead atoms. The van der Waals surface area contributed by atoms with Gasteiger partial charge in [0.05, 0.1) is 6.42 Å². The molecular formula is C21H20IN. The van der Waals surface area contributed by atoms with Crippen molar-refractivity contribution < 1.29 is 28.5 Å². The van der Waals surface area contributed by atoms with E-state index in [4.69, 9.17) is 0 Å². The third kappa shape index (κ3) is 2.80. The summed E-state index contributed by atoms with van der Waals surface area (Å²) in [5.41, 5.74) is 9.93. The van der Waals surface area contributed by atoms with Gasteiger partial charge in [-0.2, -0.15) is 0 Å². The maximum atomic E-state index is 2.36. The van der Waals surface area contributed by atoms with Gasteiger partial charge < -0.3 is 24.0 Å². The Bertz CT molecular complexity index is 853. The molecule has 0 spiro atoms. The van der Waals surface area contributed by atoms with Crippen LogP contribution >= 0.6 is 0 Å². The van der Waals surface area contributed by atoms with Gasteiger partial charge in [-0.05, 0) is 22.3 Å². The molecule has 0 N–H and O–H groups in total. The zero-order valence-electron chi connectivity index (χ0n) is 13.5. The van der Waals surface area contributed by atoms with E-state index in [0.29, 0.717) is 0 Å². The Morgan fingerprint density at radius 2 is 1.61 bits per heavy atom. The average molecular weight is 413 g/mol. The van der Waals surface area contributed by atoms with Gasteiger partial charge >= 0.3 is 0 Å². The molecular weight excluding hydrogens is 393 g/mol. The fourth-order valence-corrected chi connectivity index (χ4v) is 3.54. The molecule has 1 aliphatic rings. The summed E-state index contributed by atoms with van der Waals surface area (Å²) >= 11 is 0. The predicted molar refractivity (Wildman–Crippen MR) is 89.8 cm³/mol. The Morgan fingerprint density at radius 1 is 0.913 bits per heavy atom. The van der Waals surface area contributed by atoms with Crippen molar-refractivity contribution in [3.8, 4) is 11.1 Å². The Kier molecular flexibility index (Phi) is 4.53. The minimum absolute atomic E-state index is 0. The van der Waals surface area contributed by atoms with E-state index < -0.39 is 0 Å². The summed E-state index contributed by atoms with van der Waals surface area (Å²) in [4.78, 5) is 0. The first-order valence-electron chi connectivity index (χ1n) is 7.87. The monoisotopic (exact) mass is 413 g/mol. The third-order valence-corrected chi connectivity index (χ3v) is 4.85. The van der Waals surface area contributed by atoms with E-state index in [9.17, 15) is 0 Å². The summed E-state index contributed by atoms with van der Waals surface area (Å²) in [6.07, 6.45) is 2.05. The second-order valence-corrected chi connectivity index (χ2v) is 6.18. The van der Waals surface area contributed by atoms with Crippen molar-refractivity contribution in [1.82, 2.24) is 0 Å². The van der Waals surface area contributed by atoms with Crippen molar-refractivity contribution >= 4 is 0 Å². The highest BCUT2D eigenvalue weighted by atomic mass is 127. The standard InChI is InChI=1S/C21H20N.HI/c1-15-12-19-18-11-7-6-10-17(18)14-20(19)21(22(15)2)13-16-8-4-3-5-9-16;/h3-12H,13-14H2,1-2H3;1H/q+1;/p-1. The van der Waals surface area contributed by atoms with Crippen molar-refractivity contribution in [2.45, 2.75) is 19.8 Å². The van der Waals surface area contributed by atoms with Gasteiger partial charge in [-0.15, -0.1) is 0 Å². The smallest absolute Gasteiger partial charge is 0.189 e. The lowest BCUT2D eigenvalue weighted by molar-refractivity contribution is -0.685. The average Bonchev–Trinajstić information content (AvgIpc) is 2.91. The van der Waals surface area contributed by atoms with Gasteiger partial charge in [-0.25, -0.2) is 4.57 Å². The normalized spacial score (nSPS) is 11.6. The summed E-state index contributed by atoms with van der Waals surface area (Å²) < 4.78 is 2.36. The van der Waals surface area contributed by atoms with Crippen LogP contribution in [0, 0.1) is 6.92 Å². The van der Waals surface area contributed by atoms with Crippen LogP contribution in [0.1, 0.15) is 28.1 Å². The van der Waals surface area contributed by atoms with Crippen molar-refractivity contribution in [1.29, 1.82) is 0 Å². The van der Waals surface area contributed by atoms with E-state index in [2.05, 4.69) is 79.2 Å². The Labute approximate surface area is 155 Å². The molecule has 1 aromatic heterocycles. The molecule has 0 atom stereocenters. The minimum atomic E-state index is 0. The molecule has 0 unspecified atom stereocenters. The number of aromatic nitrogens is 1. The lowest BCUT2D eigenvalue weighted by Gasteiger charge is -2.09. The molecule has 0 saturated carbocycles. The number of pyridine rings is 1. The van der Waals surface area contributed by atoms with Crippen molar-refractivity contribution in [2.75, 3.05) is 0 Å². The molecule has 3 aromatic rings. The third-order valence-electron chi connectivity index (χ3n) is 4.85. The molecule has 0 saturated heterocycles. The topological polar surface area (TPSA) is 3.88 Å². The number of benzene rings is 2. The van der Waals surface area contributed by atoms with Crippen LogP contribution in [-0.4, -0.2) is 0 Å². The number of rotatable bonds is 2. The summed E-state index contributed by atoms with van der Waals surface area (Å²) in [5.74, 6) is 0. The van der Waals surface area contributed by atoms with Gasteiger partial charge in [0.1, 0.15) is 7.05 Å². The van der Waals surface area contributed by atoms with Gasteiger partial charge in [-0.1, -0.05) is 54.6 Å². The number of halogens is 1. The van der Waals surface area contributed by atoms with E-state index in [1.54, 1.807) is 0 Å². The lowest BCUT2D eigenvalue weighted by Crippen LogP contribution is -3.00. The molecule has 4 rings (SSSR count). The molecule has 0 amide bonds. The van der Waals surface area contributed by atoms with Gasteiger partial charge in [0.25, 0.3) is 0 Å². The fraction of sp³-hybridized carbons (Fsp3) is 0.190. The number of fused-ring (bicyclic) bond motifs is 3. The number of hydrogen-bond donors (Lipinski definition) is 0. The highest BCUT2D eigenvalue weighted by Crippen LogP contribution is 2.38.